The Bertz CT molecular complexity index is 1220. The summed E-state index contributed by atoms with van der Waals surface area (Å²) in [5.41, 5.74) is 0.698. The monoisotopic (exact) mass is 438 g/mol. The first-order valence-corrected chi connectivity index (χ1v) is 10.6. The lowest BCUT2D eigenvalue weighted by Gasteiger charge is -2.16. The number of hydrogen-bond donors (Lipinski definition) is 1. The third-order valence-electron chi connectivity index (χ3n) is 5.39. The average Bonchev–Trinajstić information content (AvgIpc) is 3.26. The molecule has 0 bridgehead atoms. The first-order chi connectivity index (χ1) is 15.5. The summed E-state index contributed by atoms with van der Waals surface area (Å²) >= 11 is 0. The number of carbonyl (C=O) groups is 1. The zero-order valence-electron chi connectivity index (χ0n) is 18.4. The van der Waals surface area contributed by atoms with Crippen molar-refractivity contribution in [1.82, 2.24) is 4.57 Å². The molecule has 1 aliphatic rings. The number of ether oxygens (including phenoxy) is 4. The van der Waals surface area contributed by atoms with Crippen molar-refractivity contribution in [3.05, 3.63) is 52.3 Å². The number of aromatic nitrogens is 1. The Kier molecular flexibility index (Phi) is 6.20. The lowest BCUT2D eigenvalue weighted by Crippen LogP contribution is -2.28. The summed E-state index contributed by atoms with van der Waals surface area (Å²) in [6.45, 7) is 2.78. The van der Waals surface area contributed by atoms with E-state index in [1.165, 1.54) is 4.57 Å². The third-order valence-corrected chi connectivity index (χ3v) is 5.39. The summed E-state index contributed by atoms with van der Waals surface area (Å²) in [7, 11) is 3.19. The number of methoxy groups -OCH3 is 1. The number of carbonyl (C=O) groups excluding carboxylic acids is 1. The van der Waals surface area contributed by atoms with Crippen molar-refractivity contribution in [3.63, 3.8) is 0 Å². The van der Waals surface area contributed by atoms with Gasteiger partial charge in [-0.3, -0.25) is 9.59 Å². The number of fused-ring (bicyclic) bond motifs is 2. The molecule has 1 N–H and O–H groups in total. The number of nitrogens with zero attached hydrogens (tertiary/aromatic N) is 1. The quantitative estimate of drug-likeness (QED) is 0.533. The molecule has 0 spiro atoms. The Hall–Kier alpha value is -3.68. The second-order valence-corrected chi connectivity index (χ2v) is 7.53. The molecule has 1 aliphatic heterocycles. The smallest absolute Gasteiger partial charge is 0.263 e. The van der Waals surface area contributed by atoms with Crippen molar-refractivity contribution in [3.8, 4) is 23.0 Å². The molecule has 168 valence electrons. The van der Waals surface area contributed by atoms with Crippen molar-refractivity contribution in [2.75, 3.05) is 25.8 Å². The molecule has 0 radical (unpaired) electrons. The van der Waals surface area contributed by atoms with Crippen LogP contribution in [0.4, 0.5) is 5.69 Å². The SMILES string of the molecule is CCCCCOc1c(OC)ccc2cc(C(=O)Nc3ccc4c(c3)OCO4)c(=O)n(C)c12. The highest BCUT2D eigenvalue weighted by atomic mass is 16.7. The van der Waals surface area contributed by atoms with Gasteiger partial charge in [0, 0.05) is 24.2 Å². The van der Waals surface area contributed by atoms with Crippen LogP contribution in [0.1, 0.15) is 36.5 Å². The van der Waals surface area contributed by atoms with Crippen LogP contribution in [-0.4, -0.2) is 31.0 Å². The molecule has 8 nitrogen and oxygen atoms in total. The standard InChI is InChI=1S/C24H26N2O6/c1-4-5-6-11-30-22-19(29-3)9-7-15-12-17(24(28)26(2)21(15)22)23(27)25-16-8-10-18-20(13-16)32-14-31-18/h7-10,12-13H,4-6,11,14H2,1-3H3,(H,25,27). The molecule has 1 amide bonds. The van der Waals surface area contributed by atoms with Crippen LogP contribution < -0.4 is 29.8 Å². The predicted molar refractivity (Wildman–Crippen MR) is 121 cm³/mol. The highest BCUT2D eigenvalue weighted by Gasteiger charge is 2.20. The maximum absolute atomic E-state index is 13.1. The van der Waals surface area contributed by atoms with E-state index in [9.17, 15) is 9.59 Å². The van der Waals surface area contributed by atoms with E-state index in [0.29, 0.717) is 46.2 Å². The predicted octanol–water partition coefficient (Wildman–Crippen LogP) is 4.10. The van der Waals surface area contributed by atoms with Crippen molar-refractivity contribution >= 4 is 22.5 Å². The summed E-state index contributed by atoms with van der Waals surface area (Å²) in [6.07, 6.45) is 3.03. The van der Waals surface area contributed by atoms with E-state index in [4.69, 9.17) is 18.9 Å². The number of pyridine rings is 1. The fourth-order valence-electron chi connectivity index (χ4n) is 3.69. The van der Waals surface area contributed by atoms with Gasteiger partial charge in [-0.15, -0.1) is 0 Å². The molecule has 0 saturated carbocycles. The summed E-state index contributed by atoms with van der Waals surface area (Å²) in [5.74, 6) is 1.70. The number of unbranched alkanes of at least 4 members (excludes halogenated alkanes) is 2. The van der Waals surface area contributed by atoms with Gasteiger partial charge in [0.15, 0.2) is 23.0 Å². The number of benzene rings is 2. The molecule has 1 aromatic heterocycles. The molecule has 0 unspecified atom stereocenters. The molecule has 0 aliphatic carbocycles. The van der Waals surface area contributed by atoms with Gasteiger partial charge in [0.05, 0.1) is 19.2 Å². The van der Waals surface area contributed by atoms with E-state index in [-0.39, 0.29) is 12.4 Å². The molecule has 0 saturated heterocycles. The molecule has 4 rings (SSSR count). The minimum atomic E-state index is -0.507. The van der Waals surface area contributed by atoms with Crippen molar-refractivity contribution in [2.24, 2.45) is 7.05 Å². The van der Waals surface area contributed by atoms with E-state index in [1.807, 2.05) is 6.07 Å². The van der Waals surface area contributed by atoms with E-state index in [2.05, 4.69) is 12.2 Å². The zero-order chi connectivity index (χ0) is 22.7. The number of amides is 1. The van der Waals surface area contributed by atoms with Crippen LogP contribution in [0, 0.1) is 0 Å². The Morgan fingerprint density at radius 2 is 1.94 bits per heavy atom. The van der Waals surface area contributed by atoms with E-state index >= 15 is 0 Å². The van der Waals surface area contributed by atoms with Crippen LogP contribution in [-0.2, 0) is 7.05 Å². The summed E-state index contributed by atoms with van der Waals surface area (Å²) in [4.78, 5) is 26.0. The maximum Gasteiger partial charge on any atom is 0.263 e. The highest BCUT2D eigenvalue weighted by molar-refractivity contribution is 6.06. The van der Waals surface area contributed by atoms with Gasteiger partial charge in [0.25, 0.3) is 11.5 Å². The Morgan fingerprint density at radius 3 is 2.72 bits per heavy atom. The van der Waals surface area contributed by atoms with Gasteiger partial charge in [-0.05, 0) is 36.8 Å². The molecule has 0 fully saturated rings. The second-order valence-electron chi connectivity index (χ2n) is 7.53. The van der Waals surface area contributed by atoms with Gasteiger partial charge in [-0.2, -0.15) is 0 Å². The first-order valence-electron chi connectivity index (χ1n) is 10.6. The molecule has 2 aromatic carbocycles. The van der Waals surface area contributed by atoms with Gasteiger partial charge >= 0.3 is 0 Å². The van der Waals surface area contributed by atoms with Crippen LogP contribution in [0.5, 0.6) is 23.0 Å². The number of anilines is 1. The Balaban J connectivity index is 1.68. The van der Waals surface area contributed by atoms with Gasteiger partial charge in [-0.1, -0.05) is 19.8 Å². The number of rotatable bonds is 8. The van der Waals surface area contributed by atoms with Crippen LogP contribution in [0.15, 0.2) is 41.2 Å². The van der Waals surface area contributed by atoms with Crippen LogP contribution >= 0.6 is 0 Å². The van der Waals surface area contributed by atoms with Gasteiger partial charge < -0.3 is 28.8 Å². The maximum atomic E-state index is 13.1. The number of hydrogen-bond acceptors (Lipinski definition) is 6. The van der Waals surface area contributed by atoms with Gasteiger partial charge in [0.2, 0.25) is 6.79 Å². The molecular formula is C24H26N2O6. The van der Waals surface area contributed by atoms with Crippen LogP contribution in [0.3, 0.4) is 0 Å². The fraction of sp³-hybridized carbons (Fsp3) is 0.333. The van der Waals surface area contributed by atoms with E-state index in [0.717, 1.165) is 19.3 Å². The highest BCUT2D eigenvalue weighted by Crippen LogP contribution is 2.36. The van der Waals surface area contributed by atoms with Gasteiger partial charge in [0.1, 0.15) is 5.56 Å². The summed E-state index contributed by atoms with van der Waals surface area (Å²) < 4.78 is 23.5. The van der Waals surface area contributed by atoms with Crippen molar-refractivity contribution in [1.29, 1.82) is 0 Å². The second kappa shape index (κ2) is 9.21. The average molecular weight is 438 g/mol. The Labute approximate surface area is 185 Å². The van der Waals surface area contributed by atoms with E-state index < -0.39 is 11.5 Å². The molecule has 3 aromatic rings. The van der Waals surface area contributed by atoms with E-state index in [1.54, 1.807) is 44.5 Å². The van der Waals surface area contributed by atoms with Crippen LogP contribution in [0.25, 0.3) is 10.9 Å². The summed E-state index contributed by atoms with van der Waals surface area (Å²) in [6, 6.07) is 10.2. The lowest BCUT2D eigenvalue weighted by atomic mass is 10.1. The summed E-state index contributed by atoms with van der Waals surface area (Å²) in [5, 5.41) is 3.47. The van der Waals surface area contributed by atoms with Crippen molar-refractivity contribution < 1.29 is 23.7 Å². The largest absolute Gasteiger partial charge is 0.493 e. The Morgan fingerprint density at radius 1 is 1.12 bits per heavy atom. The minimum Gasteiger partial charge on any atom is -0.493 e. The third kappa shape index (κ3) is 4.08. The topological polar surface area (TPSA) is 88.0 Å². The van der Waals surface area contributed by atoms with Gasteiger partial charge in [-0.25, -0.2) is 0 Å². The normalized spacial score (nSPS) is 12.1. The lowest BCUT2D eigenvalue weighted by molar-refractivity contribution is 0.102. The molecule has 0 atom stereocenters. The first kappa shape index (κ1) is 21.5. The van der Waals surface area contributed by atoms with Crippen LogP contribution in [0.2, 0.25) is 0 Å². The fourth-order valence-corrected chi connectivity index (χ4v) is 3.69. The number of aryl methyl sites for hydroxylation is 1. The molecule has 8 heteroatoms. The zero-order valence-corrected chi connectivity index (χ0v) is 18.4. The number of nitrogens with one attached hydrogen (secondary N) is 1. The molecule has 32 heavy (non-hydrogen) atoms. The van der Waals surface area contributed by atoms with Crippen molar-refractivity contribution in [2.45, 2.75) is 26.2 Å². The minimum absolute atomic E-state index is 0.0276. The molecule has 2 heterocycles. The molecular weight excluding hydrogens is 412 g/mol.